The number of carboxylic acid groups (broad SMARTS) is 1. The van der Waals surface area contributed by atoms with Gasteiger partial charge in [0, 0.05) is 0 Å². The average Bonchev–Trinajstić information content (AvgIpc) is 2.49. The summed E-state index contributed by atoms with van der Waals surface area (Å²) in [5, 5.41) is 23.8. The van der Waals surface area contributed by atoms with E-state index in [1.807, 2.05) is 6.07 Å². The maximum atomic E-state index is 10.8. The summed E-state index contributed by atoms with van der Waals surface area (Å²) in [6.45, 7) is 0. The highest BCUT2D eigenvalue weighted by molar-refractivity contribution is 6.33. The molecule has 0 amide bonds. The maximum Gasteiger partial charge on any atom is 0.0991 e. The van der Waals surface area contributed by atoms with Crippen molar-refractivity contribution in [1.82, 2.24) is 0 Å². The molecular weight excluding hydrogens is 290 g/mol. The number of carboxylic acids is 1. The number of carbonyl (C=O) groups excluding carboxylic acids is 1. The number of hydrogen-bond donors (Lipinski definition) is 1. The summed E-state index contributed by atoms with van der Waals surface area (Å²) < 4.78 is 0. The first-order chi connectivity index (χ1) is 10.1. The number of hydrogen-bond acceptors (Lipinski definition) is 5. The van der Waals surface area contributed by atoms with Gasteiger partial charge in [-0.25, -0.2) is 0 Å². The van der Waals surface area contributed by atoms with Crippen LogP contribution in [0.1, 0.15) is 21.5 Å². The molecule has 2 aromatic carbocycles. The number of carbonyl (C=O) groups is 1. The first kappa shape index (κ1) is 14.6. The smallest absolute Gasteiger partial charge is 0.0991 e. The van der Waals surface area contributed by atoms with Crippen LogP contribution in [-0.2, 0) is 0 Å². The lowest BCUT2D eigenvalue weighted by Gasteiger charge is -2.07. The Balaban J connectivity index is 2.11. The summed E-state index contributed by atoms with van der Waals surface area (Å²) in [7, 11) is 0. The van der Waals surface area contributed by atoms with E-state index < -0.39 is 5.97 Å². The zero-order valence-electron chi connectivity index (χ0n) is 10.7. The first-order valence-electron chi connectivity index (χ1n) is 5.90. The molecule has 0 heterocycles. The molecule has 2 rings (SSSR count). The molecule has 0 aromatic heterocycles. The van der Waals surface area contributed by atoms with Gasteiger partial charge in [-0.3, -0.25) is 5.43 Å². The van der Waals surface area contributed by atoms with Crippen LogP contribution in [0, 0.1) is 11.3 Å². The Morgan fingerprint density at radius 1 is 1.29 bits per heavy atom. The third-order valence-electron chi connectivity index (χ3n) is 2.64. The summed E-state index contributed by atoms with van der Waals surface area (Å²) >= 11 is 5.94. The van der Waals surface area contributed by atoms with Crippen LogP contribution in [0.15, 0.2) is 47.6 Å². The zero-order valence-corrected chi connectivity index (χ0v) is 11.5. The molecular formula is C15H9ClN3O2-. The standard InChI is InChI=1S/C15H10ClN3O2/c16-13-6-5-12(15(20)21)7-14(13)19-18-9-11-3-1-10(8-17)2-4-11/h1-7,9,19H,(H,20,21)/p-1/b18-9-. The predicted molar refractivity (Wildman–Crippen MR) is 78.2 cm³/mol. The summed E-state index contributed by atoms with van der Waals surface area (Å²) in [5.74, 6) is -1.29. The number of benzene rings is 2. The molecule has 0 saturated heterocycles. The van der Waals surface area contributed by atoms with E-state index in [0.717, 1.165) is 5.56 Å². The quantitative estimate of drug-likeness (QED) is 0.691. The molecule has 2 aromatic rings. The van der Waals surface area contributed by atoms with Crippen molar-refractivity contribution in [2.24, 2.45) is 5.10 Å². The van der Waals surface area contributed by atoms with Crippen LogP contribution < -0.4 is 10.5 Å². The molecule has 0 bridgehead atoms. The van der Waals surface area contributed by atoms with Gasteiger partial charge in [-0.05, 0) is 35.4 Å². The summed E-state index contributed by atoms with van der Waals surface area (Å²) in [5.41, 5.74) is 4.39. The number of hydrazone groups is 1. The van der Waals surface area contributed by atoms with Crippen molar-refractivity contribution in [1.29, 1.82) is 5.26 Å². The van der Waals surface area contributed by atoms with Crippen LogP contribution in [0.3, 0.4) is 0 Å². The van der Waals surface area contributed by atoms with E-state index in [2.05, 4.69) is 10.5 Å². The zero-order chi connectivity index (χ0) is 15.2. The average molecular weight is 299 g/mol. The molecule has 0 radical (unpaired) electrons. The van der Waals surface area contributed by atoms with Crippen LogP contribution in [-0.4, -0.2) is 12.2 Å². The van der Waals surface area contributed by atoms with Crippen molar-refractivity contribution in [3.8, 4) is 6.07 Å². The molecule has 1 N–H and O–H groups in total. The largest absolute Gasteiger partial charge is 0.545 e. The number of nitrogens with one attached hydrogen (secondary N) is 1. The van der Waals surface area contributed by atoms with Crippen LogP contribution in [0.5, 0.6) is 0 Å². The van der Waals surface area contributed by atoms with Gasteiger partial charge in [0.2, 0.25) is 0 Å². The Kier molecular flexibility index (Phi) is 4.54. The molecule has 0 aliphatic rings. The molecule has 21 heavy (non-hydrogen) atoms. The predicted octanol–water partition coefficient (Wildman–Crippen LogP) is 2.02. The van der Waals surface area contributed by atoms with E-state index in [0.29, 0.717) is 16.3 Å². The van der Waals surface area contributed by atoms with Crippen molar-refractivity contribution < 1.29 is 9.90 Å². The van der Waals surface area contributed by atoms with E-state index in [4.69, 9.17) is 16.9 Å². The van der Waals surface area contributed by atoms with Crippen molar-refractivity contribution in [2.75, 3.05) is 5.43 Å². The Hall–Kier alpha value is -2.84. The Bertz CT molecular complexity index is 734. The Morgan fingerprint density at radius 2 is 2.00 bits per heavy atom. The van der Waals surface area contributed by atoms with Crippen molar-refractivity contribution in [3.05, 3.63) is 64.2 Å². The van der Waals surface area contributed by atoms with Gasteiger partial charge < -0.3 is 9.90 Å². The Labute approximate surface area is 126 Å². The van der Waals surface area contributed by atoms with E-state index in [9.17, 15) is 9.90 Å². The lowest BCUT2D eigenvalue weighted by molar-refractivity contribution is -0.255. The third-order valence-corrected chi connectivity index (χ3v) is 2.97. The van der Waals surface area contributed by atoms with Crippen LogP contribution in [0.4, 0.5) is 5.69 Å². The molecule has 0 aliphatic carbocycles. The number of halogens is 1. The molecule has 104 valence electrons. The fourth-order valence-electron chi connectivity index (χ4n) is 1.56. The van der Waals surface area contributed by atoms with Gasteiger partial charge in [-0.2, -0.15) is 10.4 Å². The van der Waals surface area contributed by atoms with Gasteiger partial charge in [0.05, 0.1) is 34.5 Å². The van der Waals surface area contributed by atoms with Gasteiger partial charge in [0.1, 0.15) is 0 Å². The third kappa shape index (κ3) is 3.81. The van der Waals surface area contributed by atoms with E-state index in [-0.39, 0.29) is 5.56 Å². The number of anilines is 1. The van der Waals surface area contributed by atoms with Gasteiger partial charge in [0.25, 0.3) is 0 Å². The molecule has 0 saturated carbocycles. The summed E-state index contributed by atoms with van der Waals surface area (Å²) in [6.07, 6.45) is 1.53. The minimum Gasteiger partial charge on any atom is -0.545 e. The highest BCUT2D eigenvalue weighted by Gasteiger charge is 2.01. The number of nitriles is 1. The fraction of sp³-hybridized carbons (Fsp3) is 0. The van der Waals surface area contributed by atoms with Gasteiger partial charge >= 0.3 is 0 Å². The van der Waals surface area contributed by atoms with Crippen molar-refractivity contribution in [3.63, 3.8) is 0 Å². The first-order valence-corrected chi connectivity index (χ1v) is 6.28. The number of nitrogens with zero attached hydrogens (tertiary/aromatic N) is 2. The molecule has 6 heteroatoms. The summed E-state index contributed by atoms with van der Waals surface area (Å²) in [6, 6.07) is 13.0. The van der Waals surface area contributed by atoms with Crippen LogP contribution in [0.2, 0.25) is 5.02 Å². The fourth-order valence-corrected chi connectivity index (χ4v) is 1.72. The highest BCUT2D eigenvalue weighted by Crippen LogP contribution is 2.22. The molecule has 0 atom stereocenters. The van der Waals surface area contributed by atoms with Gasteiger partial charge in [-0.15, -0.1) is 0 Å². The molecule has 0 spiro atoms. The number of rotatable bonds is 4. The van der Waals surface area contributed by atoms with Gasteiger partial charge in [0.15, 0.2) is 0 Å². The molecule has 0 fully saturated rings. The second-order valence-corrected chi connectivity index (χ2v) is 4.49. The number of aromatic carboxylic acids is 1. The second kappa shape index (κ2) is 6.55. The topological polar surface area (TPSA) is 88.3 Å². The minimum absolute atomic E-state index is 0.00970. The van der Waals surface area contributed by atoms with E-state index >= 15 is 0 Å². The maximum absolute atomic E-state index is 10.8. The highest BCUT2D eigenvalue weighted by atomic mass is 35.5. The van der Waals surface area contributed by atoms with Crippen LogP contribution >= 0.6 is 11.6 Å². The summed E-state index contributed by atoms with van der Waals surface area (Å²) in [4.78, 5) is 10.8. The van der Waals surface area contributed by atoms with Crippen molar-refractivity contribution in [2.45, 2.75) is 0 Å². The second-order valence-electron chi connectivity index (χ2n) is 4.09. The molecule has 0 aliphatic heterocycles. The monoisotopic (exact) mass is 298 g/mol. The minimum atomic E-state index is -1.29. The SMILES string of the molecule is N#Cc1ccc(/C=N\Nc2cc(C(=O)[O-])ccc2Cl)cc1. The van der Waals surface area contributed by atoms with Gasteiger partial charge in [-0.1, -0.05) is 29.8 Å². The lowest BCUT2D eigenvalue weighted by atomic mass is 10.2. The molecule has 5 nitrogen and oxygen atoms in total. The molecule has 0 unspecified atom stereocenters. The normalized spacial score (nSPS) is 10.3. The Morgan fingerprint density at radius 3 is 2.62 bits per heavy atom. The lowest BCUT2D eigenvalue weighted by Crippen LogP contribution is -2.22. The van der Waals surface area contributed by atoms with Crippen molar-refractivity contribution >= 4 is 29.5 Å². The van der Waals surface area contributed by atoms with Crippen LogP contribution in [0.25, 0.3) is 0 Å². The van der Waals surface area contributed by atoms with E-state index in [1.165, 1.54) is 24.4 Å². The van der Waals surface area contributed by atoms with E-state index in [1.54, 1.807) is 24.3 Å².